The Morgan fingerprint density at radius 1 is 1.82 bits per heavy atom. The first-order valence-corrected chi connectivity index (χ1v) is 3.50. The standard InChI is InChI=1S/C8H12N2O/c1-3-4-8(11)10-7(2)5-6-9/h3-4,7H,5H2,1-2H3,(H,10,11). The van der Waals surface area contributed by atoms with Crippen molar-refractivity contribution in [1.29, 1.82) is 5.26 Å². The van der Waals surface area contributed by atoms with Gasteiger partial charge in [0.1, 0.15) is 0 Å². The lowest BCUT2D eigenvalue weighted by molar-refractivity contribution is -0.117. The third-order valence-corrected chi connectivity index (χ3v) is 1.10. The Bertz CT molecular complexity index is 191. The summed E-state index contributed by atoms with van der Waals surface area (Å²) in [6, 6.07) is 1.91. The fourth-order valence-electron chi connectivity index (χ4n) is 0.630. The van der Waals surface area contributed by atoms with Gasteiger partial charge in [0.25, 0.3) is 0 Å². The highest BCUT2D eigenvalue weighted by molar-refractivity contribution is 5.87. The second-order valence-electron chi connectivity index (χ2n) is 2.27. The van der Waals surface area contributed by atoms with Gasteiger partial charge in [-0.3, -0.25) is 4.79 Å². The molecule has 3 heteroatoms. The number of carbonyl (C=O) groups is 1. The van der Waals surface area contributed by atoms with Crippen LogP contribution >= 0.6 is 0 Å². The highest BCUT2D eigenvalue weighted by Crippen LogP contribution is 1.87. The van der Waals surface area contributed by atoms with Crippen LogP contribution in [-0.2, 0) is 4.79 Å². The maximum atomic E-state index is 10.8. The molecular formula is C8H12N2O. The molecule has 0 rings (SSSR count). The van der Waals surface area contributed by atoms with Gasteiger partial charge >= 0.3 is 0 Å². The van der Waals surface area contributed by atoms with Gasteiger partial charge in [0, 0.05) is 6.04 Å². The fourth-order valence-corrected chi connectivity index (χ4v) is 0.630. The number of nitrogens with one attached hydrogen (secondary N) is 1. The third kappa shape index (κ3) is 5.16. The van der Waals surface area contributed by atoms with Crippen LogP contribution in [0.5, 0.6) is 0 Å². The van der Waals surface area contributed by atoms with Crippen LogP contribution in [0.2, 0.25) is 0 Å². The maximum absolute atomic E-state index is 10.8. The molecule has 0 radical (unpaired) electrons. The molecule has 0 aromatic heterocycles. The van der Waals surface area contributed by atoms with Crippen molar-refractivity contribution < 1.29 is 4.79 Å². The molecule has 0 heterocycles. The van der Waals surface area contributed by atoms with Crippen LogP contribution in [0.3, 0.4) is 0 Å². The molecule has 0 aromatic rings. The van der Waals surface area contributed by atoms with Gasteiger partial charge < -0.3 is 5.32 Å². The van der Waals surface area contributed by atoms with Crippen LogP contribution in [0.4, 0.5) is 0 Å². The van der Waals surface area contributed by atoms with Crippen LogP contribution in [0, 0.1) is 11.3 Å². The normalized spacial score (nSPS) is 12.5. The first kappa shape index (κ1) is 9.70. The summed E-state index contributed by atoms with van der Waals surface area (Å²) in [5.74, 6) is -0.143. The number of carbonyl (C=O) groups excluding carboxylic acids is 1. The Hall–Kier alpha value is -1.30. The molecule has 0 bridgehead atoms. The lowest BCUT2D eigenvalue weighted by atomic mass is 10.2. The Labute approximate surface area is 66.7 Å². The van der Waals surface area contributed by atoms with Crippen molar-refractivity contribution in [3.05, 3.63) is 12.2 Å². The zero-order valence-corrected chi connectivity index (χ0v) is 6.79. The molecule has 3 nitrogen and oxygen atoms in total. The summed E-state index contributed by atoms with van der Waals surface area (Å²) in [7, 11) is 0. The highest BCUT2D eigenvalue weighted by Gasteiger charge is 2.01. The number of amides is 1. The molecule has 1 N–H and O–H groups in total. The van der Waals surface area contributed by atoms with E-state index in [0.717, 1.165) is 0 Å². The van der Waals surface area contributed by atoms with E-state index in [1.807, 2.05) is 6.07 Å². The average molecular weight is 152 g/mol. The van der Waals surface area contributed by atoms with E-state index in [4.69, 9.17) is 5.26 Å². The van der Waals surface area contributed by atoms with Gasteiger partial charge in [0.2, 0.25) is 5.91 Å². The van der Waals surface area contributed by atoms with Crippen molar-refractivity contribution in [1.82, 2.24) is 5.32 Å². The molecule has 0 aliphatic rings. The predicted molar refractivity (Wildman–Crippen MR) is 42.6 cm³/mol. The Morgan fingerprint density at radius 2 is 2.45 bits per heavy atom. The van der Waals surface area contributed by atoms with Gasteiger partial charge in [-0.1, -0.05) is 6.08 Å². The van der Waals surface area contributed by atoms with E-state index < -0.39 is 0 Å². The summed E-state index contributed by atoms with van der Waals surface area (Å²) < 4.78 is 0. The number of nitrogens with zero attached hydrogens (tertiary/aromatic N) is 1. The topological polar surface area (TPSA) is 52.9 Å². The van der Waals surface area contributed by atoms with Crippen LogP contribution < -0.4 is 5.32 Å². The highest BCUT2D eigenvalue weighted by atomic mass is 16.1. The third-order valence-electron chi connectivity index (χ3n) is 1.10. The Morgan fingerprint density at radius 3 is 2.91 bits per heavy atom. The Kier molecular flexibility index (Phi) is 4.83. The zero-order chi connectivity index (χ0) is 8.69. The van der Waals surface area contributed by atoms with Gasteiger partial charge in [-0.15, -0.1) is 0 Å². The van der Waals surface area contributed by atoms with Gasteiger partial charge in [0.05, 0.1) is 12.5 Å². The van der Waals surface area contributed by atoms with Crippen molar-refractivity contribution >= 4 is 5.91 Å². The fraction of sp³-hybridized carbons (Fsp3) is 0.500. The van der Waals surface area contributed by atoms with Gasteiger partial charge in [-0.2, -0.15) is 5.26 Å². The quantitative estimate of drug-likeness (QED) is 0.613. The summed E-state index contributed by atoms with van der Waals surface area (Å²) in [5, 5.41) is 10.9. The minimum Gasteiger partial charge on any atom is -0.349 e. The molecule has 0 saturated carbocycles. The lowest BCUT2D eigenvalue weighted by Gasteiger charge is -2.06. The second kappa shape index (κ2) is 5.48. The summed E-state index contributed by atoms with van der Waals surface area (Å²) in [6.07, 6.45) is 3.45. The van der Waals surface area contributed by atoms with Crippen molar-refractivity contribution in [2.75, 3.05) is 0 Å². The monoisotopic (exact) mass is 152 g/mol. The van der Waals surface area contributed by atoms with Crippen molar-refractivity contribution in [2.24, 2.45) is 0 Å². The van der Waals surface area contributed by atoms with Gasteiger partial charge in [-0.25, -0.2) is 0 Å². The number of hydrogen-bond donors (Lipinski definition) is 1. The smallest absolute Gasteiger partial charge is 0.243 e. The van der Waals surface area contributed by atoms with E-state index in [-0.39, 0.29) is 11.9 Å². The number of allylic oxidation sites excluding steroid dienone is 1. The minimum atomic E-state index is -0.143. The van der Waals surface area contributed by atoms with Crippen LogP contribution in [0.15, 0.2) is 12.2 Å². The molecule has 0 saturated heterocycles. The van der Waals surface area contributed by atoms with Crippen molar-refractivity contribution in [3.63, 3.8) is 0 Å². The van der Waals surface area contributed by atoms with Crippen LogP contribution in [0.25, 0.3) is 0 Å². The second-order valence-corrected chi connectivity index (χ2v) is 2.27. The van der Waals surface area contributed by atoms with Crippen molar-refractivity contribution in [2.45, 2.75) is 26.3 Å². The minimum absolute atomic E-state index is 0.0660. The maximum Gasteiger partial charge on any atom is 0.243 e. The molecule has 0 fully saturated rings. The SMILES string of the molecule is CC=CC(=O)NC(C)CC#N. The Balaban J connectivity index is 3.68. The molecule has 11 heavy (non-hydrogen) atoms. The number of rotatable bonds is 3. The van der Waals surface area contributed by atoms with Crippen molar-refractivity contribution in [3.8, 4) is 6.07 Å². The lowest BCUT2D eigenvalue weighted by Crippen LogP contribution is -2.30. The summed E-state index contributed by atoms with van der Waals surface area (Å²) in [5.41, 5.74) is 0. The van der Waals surface area contributed by atoms with Gasteiger partial charge in [-0.05, 0) is 19.9 Å². The predicted octanol–water partition coefficient (Wildman–Crippen LogP) is 0.981. The van der Waals surface area contributed by atoms with Crippen LogP contribution in [-0.4, -0.2) is 11.9 Å². The molecule has 0 spiro atoms. The van der Waals surface area contributed by atoms with E-state index in [0.29, 0.717) is 6.42 Å². The van der Waals surface area contributed by atoms with Crippen LogP contribution in [0.1, 0.15) is 20.3 Å². The molecule has 0 aliphatic carbocycles. The molecule has 0 aliphatic heterocycles. The zero-order valence-electron chi connectivity index (χ0n) is 6.79. The first-order valence-electron chi connectivity index (χ1n) is 3.50. The average Bonchev–Trinajstić information content (AvgIpc) is 1.87. The number of hydrogen-bond acceptors (Lipinski definition) is 2. The van der Waals surface area contributed by atoms with E-state index in [1.165, 1.54) is 6.08 Å². The van der Waals surface area contributed by atoms with E-state index >= 15 is 0 Å². The summed E-state index contributed by atoms with van der Waals surface area (Å²) in [6.45, 7) is 3.57. The molecule has 1 unspecified atom stereocenters. The first-order chi connectivity index (χ1) is 5.20. The summed E-state index contributed by atoms with van der Waals surface area (Å²) in [4.78, 5) is 10.8. The van der Waals surface area contributed by atoms with E-state index in [2.05, 4.69) is 5.32 Å². The number of nitriles is 1. The molecule has 1 atom stereocenters. The largest absolute Gasteiger partial charge is 0.349 e. The van der Waals surface area contributed by atoms with E-state index in [1.54, 1.807) is 19.9 Å². The molecular weight excluding hydrogens is 140 g/mol. The molecule has 0 aromatic carbocycles. The van der Waals surface area contributed by atoms with E-state index in [9.17, 15) is 4.79 Å². The molecule has 1 amide bonds. The summed E-state index contributed by atoms with van der Waals surface area (Å²) >= 11 is 0. The van der Waals surface area contributed by atoms with Gasteiger partial charge in [0.15, 0.2) is 0 Å². The molecule has 60 valence electrons.